The molecule has 0 radical (unpaired) electrons. The molecular weight excluding hydrogens is 369 g/mol. The predicted molar refractivity (Wildman–Crippen MR) is 113 cm³/mol. The molecule has 2 atom stereocenters. The fourth-order valence-corrected chi connectivity index (χ4v) is 3.73. The van der Waals surface area contributed by atoms with Gasteiger partial charge in [0.25, 0.3) is 5.91 Å². The van der Waals surface area contributed by atoms with E-state index in [1.807, 2.05) is 39.8 Å². The quantitative estimate of drug-likeness (QED) is 0.837. The van der Waals surface area contributed by atoms with Gasteiger partial charge in [0, 0.05) is 56.1 Å². The number of halogens is 1. The van der Waals surface area contributed by atoms with Crippen molar-refractivity contribution in [2.45, 2.75) is 46.2 Å². The molecule has 2 heterocycles. The Hall–Kier alpha value is -2.54. The maximum Gasteiger partial charge on any atom is 0.291 e. The first-order valence-corrected chi connectivity index (χ1v) is 10.0. The molecule has 156 valence electrons. The van der Waals surface area contributed by atoms with Crippen LogP contribution in [0.25, 0.3) is 0 Å². The lowest BCUT2D eigenvalue weighted by Gasteiger charge is -2.23. The maximum absolute atomic E-state index is 14.3. The second kappa shape index (κ2) is 8.45. The number of anilines is 1. The molecule has 2 aromatic rings. The number of rotatable bonds is 5. The largest absolute Gasteiger partial charge is 0.355 e. The molecule has 1 aliphatic rings. The third-order valence-electron chi connectivity index (χ3n) is 5.56. The molecule has 0 saturated carbocycles. The molecule has 0 bridgehead atoms. The first-order chi connectivity index (χ1) is 13.7. The van der Waals surface area contributed by atoms with Crippen molar-refractivity contribution in [3.63, 3.8) is 0 Å². The third-order valence-corrected chi connectivity index (χ3v) is 5.56. The van der Waals surface area contributed by atoms with Crippen LogP contribution in [0.1, 0.15) is 52.4 Å². The van der Waals surface area contributed by atoms with Crippen molar-refractivity contribution in [2.75, 3.05) is 32.1 Å². The van der Waals surface area contributed by atoms with Crippen molar-refractivity contribution in [2.24, 2.45) is 0 Å². The Labute approximate surface area is 172 Å². The summed E-state index contributed by atoms with van der Waals surface area (Å²) in [4.78, 5) is 24.9. The Morgan fingerprint density at radius 1 is 1.28 bits per heavy atom. The highest BCUT2D eigenvalue weighted by Crippen LogP contribution is 2.26. The molecule has 0 spiro atoms. The van der Waals surface area contributed by atoms with Gasteiger partial charge >= 0.3 is 0 Å². The van der Waals surface area contributed by atoms with E-state index in [4.69, 9.17) is 0 Å². The van der Waals surface area contributed by atoms with Gasteiger partial charge in [-0.3, -0.25) is 4.79 Å². The number of nitrogens with one attached hydrogen (secondary N) is 1. The Bertz CT molecular complexity index is 914. The molecular formula is C22H30FN5O. The smallest absolute Gasteiger partial charge is 0.291 e. The molecule has 1 saturated heterocycles. The standard InChI is InChI=1S/C22H30FN5O/c1-13-7-8-18(19(23)11-13)16(4)24-17-9-10-28(12-17)21-14(2)15(3)25-20(26-21)22(29)27(5)6/h7-8,11,16-17,24H,9-10,12H2,1-6H3/t16?,17-/m1/s1. The van der Waals surface area contributed by atoms with Crippen LogP contribution in [0.4, 0.5) is 10.2 Å². The monoisotopic (exact) mass is 399 g/mol. The Morgan fingerprint density at radius 2 is 2.00 bits per heavy atom. The molecule has 6 nitrogen and oxygen atoms in total. The number of benzene rings is 1. The maximum atomic E-state index is 14.3. The molecule has 0 aliphatic carbocycles. The van der Waals surface area contributed by atoms with E-state index in [1.54, 1.807) is 20.2 Å². The van der Waals surface area contributed by atoms with Gasteiger partial charge in [0.05, 0.1) is 0 Å². The van der Waals surface area contributed by atoms with Gasteiger partial charge in [-0.25, -0.2) is 14.4 Å². The van der Waals surface area contributed by atoms with Gasteiger partial charge in [-0.15, -0.1) is 0 Å². The summed E-state index contributed by atoms with van der Waals surface area (Å²) in [6, 6.07) is 5.50. The molecule has 1 aromatic heterocycles. The average Bonchev–Trinajstić information content (AvgIpc) is 3.11. The zero-order valence-electron chi connectivity index (χ0n) is 18.1. The summed E-state index contributed by atoms with van der Waals surface area (Å²) in [7, 11) is 3.39. The van der Waals surface area contributed by atoms with Gasteiger partial charge in [0.1, 0.15) is 11.6 Å². The summed E-state index contributed by atoms with van der Waals surface area (Å²) in [5.74, 6) is 0.654. The van der Waals surface area contributed by atoms with Crippen LogP contribution in [0.15, 0.2) is 18.2 Å². The van der Waals surface area contributed by atoms with Crippen molar-refractivity contribution in [3.8, 4) is 0 Å². The van der Waals surface area contributed by atoms with Gasteiger partial charge in [-0.2, -0.15) is 0 Å². The second-order valence-corrected chi connectivity index (χ2v) is 8.13. The number of nitrogens with zero attached hydrogens (tertiary/aromatic N) is 4. The van der Waals surface area contributed by atoms with Gasteiger partial charge in [-0.1, -0.05) is 12.1 Å². The van der Waals surface area contributed by atoms with Crippen LogP contribution in [-0.4, -0.2) is 54.0 Å². The van der Waals surface area contributed by atoms with Crippen LogP contribution in [0, 0.1) is 26.6 Å². The minimum absolute atomic E-state index is 0.0836. The van der Waals surface area contributed by atoms with Crippen LogP contribution in [-0.2, 0) is 0 Å². The lowest BCUT2D eigenvalue weighted by atomic mass is 10.0. The van der Waals surface area contributed by atoms with E-state index < -0.39 is 0 Å². The molecule has 3 rings (SSSR count). The van der Waals surface area contributed by atoms with E-state index in [9.17, 15) is 9.18 Å². The zero-order valence-corrected chi connectivity index (χ0v) is 18.1. The zero-order chi connectivity index (χ0) is 21.3. The minimum atomic E-state index is -0.202. The fourth-order valence-electron chi connectivity index (χ4n) is 3.73. The Kier molecular flexibility index (Phi) is 6.17. The number of hydrogen-bond acceptors (Lipinski definition) is 5. The normalized spacial score (nSPS) is 17.5. The predicted octanol–water partition coefficient (Wildman–Crippen LogP) is 3.17. The summed E-state index contributed by atoms with van der Waals surface area (Å²) < 4.78 is 14.3. The summed E-state index contributed by atoms with van der Waals surface area (Å²) >= 11 is 0. The average molecular weight is 400 g/mol. The molecule has 1 aliphatic heterocycles. The summed E-state index contributed by atoms with van der Waals surface area (Å²) in [5.41, 5.74) is 3.40. The summed E-state index contributed by atoms with van der Waals surface area (Å²) in [6.07, 6.45) is 0.928. The van der Waals surface area contributed by atoms with Crippen LogP contribution in [0.2, 0.25) is 0 Å². The van der Waals surface area contributed by atoms with Crippen LogP contribution >= 0.6 is 0 Å². The van der Waals surface area contributed by atoms with Crippen molar-refractivity contribution in [3.05, 3.63) is 52.2 Å². The minimum Gasteiger partial charge on any atom is -0.355 e. The molecule has 1 amide bonds. The Morgan fingerprint density at radius 3 is 2.66 bits per heavy atom. The number of carbonyl (C=O) groups excluding carboxylic acids is 1. The summed E-state index contributed by atoms with van der Waals surface area (Å²) in [5, 5.41) is 3.54. The van der Waals surface area contributed by atoms with E-state index in [1.165, 1.54) is 4.90 Å². The highest BCUT2D eigenvalue weighted by molar-refractivity contribution is 5.90. The van der Waals surface area contributed by atoms with Crippen molar-refractivity contribution in [1.82, 2.24) is 20.2 Å². The van der Waals surface area contributed by atoms with Crippen molar-refractivity contribution < 1.29 is 9.18 Å². The molecule has 1 N–H and O–H groups in total. The molecule has 1 aromatic carbocycles. The first-order valence-electron chi connectivity index (χ1n) is 10.0. The summed E-state index contributed by atoms with van der Waals surface area (Å²) in [6.45, 7) is 9.35. The van der Waals surface area contributed by atoms with Gasteiger partial charge in [0.15, 0.2) is 0 Å². The van der Waals surface area contributed by atoms with Gasteiger partial charge < -0.3 is 15.1 Å². The highest BCUT2D eigenvalue weighted by Gasteiger charge is 2.28. The van der Waals surface area contributed by atoms with E-state index in [2.05, 4.69) is 20.2 Å². The highest BCUT2D eigenvalue weighted by atomic mass is 19.1. The Balaban J connectivity index is 1.74. The van der Waals surface area contributed by atoms with Crippen LogP contribution < -0.4 is 10.2 Å². The first kappa shape index (κ1) is 21.2. The number of amides is 1. The molecule has 29 heavy (non-hydrogen) atoms. The topological polar surface area (TPSA) is 61.4 Å². The number of aryl methyl sites for hydroxylation is 2. The fraction of sp³-hybridized carbons (Fsp3) is 0.500. The van der Waals surface area contributed by atoms with E-state index in [0.717, 1.165) is 42.1 Å². The van der Waals surface area contributed by atoms with Crippen LogP contribution in [0.5, 0.6) is 0 Å². The van der Waals surface area contributed by atoms with Crippen molar-refractivity contribution >= 4 is 11.7 Å². The number of hydrogen-bond donors (Lipinski definition) is 1. The third kappa shape index (κ3) is 4.56. The van der Waals surface area contributed by atoms with Crippen molar-refractivity contribution in [1.29, 1.82) is 0 Å². The lowest BCUT2D eigenvalue weighted by Crippen LogP contribution is -2.35. The SMILES string of the molecule is Cc1ccc(C(C)N[C@@H]2CCN(c3nc(C(=O)N(C)C)nc(C)c3C)C2)c(F)c1. The number of aromatic nitrogens is 2. The van der Waals surface area contributed by atoms with E-state index >= 15 is 0 Å². The van der Waals surface area contributed by atoms with Gasteiger partial charge in [0.2, 0.25) is 5.82 Å². The second-order valence-electron chi connectivity index (χ2n) is 8.13. The lowest BCUT2D eigenvalue weighted by molar-refractivity contribution is 0.0815. The van der Waals surface area contributed by atoms with Gasteiger partial charge in [-0.05, 0) is 45.7 Å². The van der Waals surface area contributed by atoms with E-state index in [0.29, 0.717) is 5.56 Å². The molecule has 1 fully saturated rings. The van der Waals surface area contributed by atoms with E-state index in [-0.39, 0.29) is 29.6 Å². The number of carbonyl (C=O) groups is 1. The van der Waals surface area contributed by atoms with Crippen LogP contribution in [0.3, 0.4) is 0 Å². The molecule has 7 heteroatoms. The molecule has 1 unspecified atom stereocenters.